The largest absolute Gasteiger partial charge is 0.497 e. The number of ether oxygens (including phenoxy) is 1. The Kier molecular flexibility index (Phi) is 4.87. The molecule has 0 unspecified atom stereocenters. The maximum atomic E-state index is 12.2. The van der Waals surface area contributed by atoms with E-state index in [0.29, 0.717) is 11.3 Å². The number of rotatable bonds is 5. The third-order valence-electron chi connectivity index (χ3n) is 3.80. The molecule has 2 nitrogen and oxygen atoms in total. The second-order valence-electron chi connectivity index (χ2n) is 5.42. The summed E-state index contributed by atoms with van der Waals surface area (Å²) in [4.78, 5) is 12.2. The molecule has 24 heavy (non-hydrogen) atoms. The molecule has 0 heterocycles. The Hall–Kier alpha value is -3.13. The van der Waals surface area contributed by atoms with Crippen LogP contribution in [0.5, 0.6) is 5.75 Å². The normalized spacial score (nSPS) is 10.7. The predicted octanol–water partition coefficient (Wildman–Crippen LogP) is 5.26. The van der Waals surface area contributed by atoms with Crippen molar-refractivity contribution in [2.24, 2.45) is 0 Å². The summed E-state index contributed by atoms with van der Waals surface area (Å²) in [6, 6.07) is 25.5. The highest BCUT2D eigenvalue weighted by Gasteiger charge is 2.03. The molecular formula is C22H18O2. The van der Waals surface area contributed by atoms with E-state index in [9.17, 15) is 4.79 Å². The van der Waals surface area contributed by atoms with Gasteiger partial charge in [-0.15, -0.1) is 0 Å². The molecule has 0 fully saturated rings. The SMILES string of the molecule is COc1cccc(C(=O)/C=C/c2ccc(-c3ccccc3)cc2)c1. The first-order valence-electron chi connectivity index (χ1n) is 7.78. The van der Waals surface area contributed by atoms with Crippen molar-refractivity contribution in [2.45, 2.75) is 0 Å². The lowest BCUT2D eigenvalue weighted by Crippen LogP contribution is -1.94. The van der Waals surface area contributed by atoms with Gasteiger partial charge in [-0.3, -0.25) is 4.79 Å². The van der Waals surface area contributed by atoms with Crippen LogP contribution in [0.4, 0.5) is 0 Å². The number of benzene rings is 3. The molecule has 3 aromatic carbocycles. The first kappa shape index (κ1) is 15.8. The number of hydrogen-bond donors (Lipinski definition) is 0. The van der Waals surface area contributed by atoms with Crippen LogP contribution in [0.2, 0.25) is 0 Å². The summed E-state index contributed by atoms with van der Waals surface area (Å²) in [5.74, 6) is 0.641. The van der Waals surface area contributed by atoms with Gasteiger partial charge in [0.05, 0.1) is 7.11 Å². The van der Waals surface area contributed by atoms with Crippen LogP contribution in [0.1, 0.15) is 15.9 Å². The van der Waals surface area contributed by atoms with Crippen molar-refractivity contribution in [1.82, 2.24) is 0 Å². The van der Waals surface area contributed by atoms with Gasteiger partial charge in [-0.05, 0) is 34.9 Å². The lowest BCUT2D eigenvalue weighted by molar-refractivity contribution is 0.104. The van der Waals surface area contributed by atoms with Crippen LogP contribution < -0.4 is 4.74 Å². The van der Waals surface area contributed by atoms with Crippen LogP contribution >= 0.6 is 0 Å². The molecule has 0 aliphatic heterocycles. The Labute approximate surface area is 142 Å². The topological polar surface area (TPSA) is 26.3 Å². The number of methoxy groups -OCH3 is 1. The lowest BCUT2D eigenvalue weighted by atomic mass is 10.0. The Bertz CT molecular complexity index is 847. The van der Waals surface area contributed by atoms with Crippen molar-refractivity contribution in [2.75, 3.05) is 7.11 Å². The summed E-state index contributed by atoms with van der Waals surface area (Å²) in [5, 5.41) is 0. The minimum atomic E-state index is -0.0407. The van der Waals surface area contributed by atoms with E-state index < -0.39 is 0 Å². The first-order chi connectivity index (χ1) is 11.8. The highest BCUT2D eigenvalue weighted by molar-refractivity contribution is 6.07. The summed E-state index contributed by atoms with van der Waals surface area (Å²) in [7, 11) is 1.59. The van der Waals surface area contributed by atoms with Gasteiger partial charge in [0.25, 0.3) is 0 Å². The molecule has 0 saturated heterocycles. The number of allylic oxidation sites excluding steroid dienone is 1. The number of carbonyl (C=O) groups is 1. The molecular weight excluding hydrogens is 296 g/mol. The van der Waals surface area contributed by atoms with Gasteiger partial charge in [0.15, 0.2) is 5.78 Å². The van der Waals surface area contributed by atoms with Crippen LogP contribution in [0.15, 0.2) is 84.9 Å². The van der Waals surface area contributed by atoms with E-state index in [4.69, 9.17) is 4.74 Å². The average Bonchev–Trinajstić information content (AvgIpc) is 2.67. The Balaban J connectivity index is 1.73. The molecule has 0 saturated carbocycles. The highest BCUT2D eigenvalue weighted by atomic mass is 16.5. The van der Waals surface area contributed by atoms with E-state index in [1.807, 2.05) is 48.5 Å². The maximum Gasteiger partial charge on any atom is 0.185 e. The van der Waals surface area contributed by atoms with Crippen molar-refractivity contribution < 1.29 is 9.53 Å². The van der Waals surface area contributed by atoms with Crippen molar-refractivity contribution in [3.8, 4) is 16.9 Å². The number of ketones is 1. The minimum Gasteiger partial charge on any atom is -0.497 e. The highest BCUT2D eigenvalue weighted by Crippen LogP contribution is 2.20. The first-order valence-corrected chi connectivity index (χ1v) is 7.78. The van der Waals surface area contributed by atoms with E-state index in [1.54, 1.807) is 25.3 Å². The van der Waals surface area contributed by atoms with Crippen LogP contribution in [-0.4, -0.2) is 12.9 Å². The summed E-state index contributed by atoms with van der Waals surface area (Å²) in [6.45, 7) is 0. The molecule has 0 aliphatic carbocycles. The number of hydrogen-bond acceptors (Lipinski definition) is 2. The zero-order valence-corrected chi connectivity index (χ0v) is 13.5. The van der Waals surface area contributed by atoms with E-state index >= 15 is 0 Å². The second-order valence-corrected chi connectivity index (χ2v) is 5.42. The molecule has 3 aromatic rings. The molecule has 3 rings (SSSR count). The van der Waals surface area contributed by atoms with E-state index in [2.05, 4.69) is 24.3 Å². The van der Waals surface area contributed by atoms with E-state index in [-0.39, 0.29) is 5.78 Å². The molecule has 0 aromatic heterocycles. The standard InChI is InChI=1S/C22H18O2/c1-24-21-9-5-8-20(16-21)22(23)15-12-17-10-13-19(14-11-17)18-6-3-2-4-7-18/h2-16H,1H3/b15-12+. The third kappa shape index (κ3) is 3.79. The minimum absolute atomic E-state index is 0.0407. The maximum absolute atomic E-state index is 12.2. The van der Waals surface area contributed by atoms with Gasteiger partial charge in [0.2, 0.25) is 0 Å². The van der Waals surface area contributed by atoms with Crippen molar-refractivity contribution in [1.29, 1.82) is 0 Å². The van der Waals surface area contributed by atoms with Crippen LogP contribution in [0.25, 0.3) is 17.2 Å². The molecule has 0 spiro atoms. The van der Waals surface area contributed by atoms with E-state index in [0.717, 1.165) is 11.1 Å². The second kappa shape index (κ2) is 7.42. The van der Waals surface area contributed by atoms with Gasteiger partial charge < -0.3 is 4.74 Å². The molecule has 0 amide bonds. The zero-order valence-electron chi connectivity index (χ0n) is 13.5. The third-order valence-corrected chi connectivity index (χ3v) is 3.80. The molecule has 0 N–H and O–H groups in total. The fraction of sp³-hybridized carbons (Fsp3) is 0.0455. The van der Waals surface area contributed by atoms with Gasteiger partial charge in [0.1, 0.15) is 5.75 Å². The summed E-state index contributed by atoms with van der Waals surface area (Å²) in [6.07, 6.45) is 3.42. The average molecular weight is 314 g/mol. The van der Waals surface area contributed by atoms with Crippen LogP contribution in [0, 0.1) is 0 Å². The molecule has 0 atom stereocenters. The van der Waals surface area contributed by atoms with Crippen LogP contribution in [-0.2, 0) is 0 Å². The van der Waals surface area contributed by atoms with Gasteiger partial charge >= 0.3 is 0 Å². The Morgan fingerprint density at radius 2 is 1.54 bits per heavy atom. The fourth-order valence-corrected chi connectivity index (χ4v) is 2.46. The van der Waals surface area contributed by atoms with Gasteiger partial charge in [-0.25, -0.2) is 0 Å². The van der Waals surface area contributed by atoms with Gasteiger partial charge in [-0.2, -0.15) is 0 Å². The van der Waals surface area contributed by atoms with Crippen molar-refractivity contribution in [3.63, 3.8) is 0 Å². The molecule has 0 aliphatic rings. The van der Waals surface area contributed by atoms with Crippen molar-refractivity contribution in [3.05, 3.63) is 96.1 Å². The van der Waals surface area contributed by atoms with Crippen LogP contribution in [0.3, 0.4) is 0 Å². The quantitative estimate of drug-likeness (QED) is 0.474. The molecule has 118 valence electrons. The number of carbonyl (C=O) groups excluding carboxylic acids is 1. The molecule has 0 radical (unpaired) electrons. The molecule has 0 bridgehead atoms. The summed E-state index contributed by atoms with van der Waals surface area (Å²) in [5.41, 5.74) is 3.95. The van der Waals surface area contributed by atoms with E-state index in [1.165, 1.54) is 5.56 Å². The monoisotopic (exact) mass is 314 g/mol. The smallest absolute Gasteiger partial charge is 0.185 e. The summed E-state index contributed by atoms with van der Waals surface area (Å²) >= 11 is 0. The summed E-state index contributed by atoms with van der Waals surface area (Å²) < 4.78 is 5.15. The predicted molar refractivity (Wildman–Crippen MR) is 98.2 cm³/mol. The van der Waals surface area contributed by atoms with Crippen molar-refractivity contribution >= 4 is 11.9 Å². The Morgan fingerprint density at radius 3 is 2.25 bits per heavy atom. The van der Waals surface area contributed by atoms with Gasteiger partial charge in [0, 0.05) is 5.56 Å². The lowest BCUT2D eigenvalue weighted by Gasteiger charge is -2.02. The van der Waals surface area contributed by atoms with Gasteiger partial charge in [-0.1, -0.05) is 72.8 Å². The molecule has 2 heteroatoms. The fourth-order valence-electron chi connectivity index (χ4n) is 2.46. The Morgan fingerprint density at radius 1 is 0.833 bits per heavy atom. The zero-order chi connectivity index (χ0) is 16.8.